The molecule has 0 fully saturated rings. The number of halogens is 1. The first-order chi connectivity index (χ1) is 10.9. The van der Waals surface area contributed by atoms with Crippen LogP contribution in [0.3, 0.4) is 0 Å². The lowest BCUT2D eigenvalue weighted by atomic mass is 10.3. The quantitative estimate of drug-likeness (QED) is 0.701. The van der Waals surface area contributed by atoms with E-state index in [1.165, 1.54) is 12.1 Å². The topological polar surface area (TPSA) is 63.7 Å². The zero-order valence-corrected chi connectivity index (χ0v) is 14.9. The van der Waals surface area contributed by atoms with E-state index in [1.807, 2.05) is 0 Å². The van der Waals surface area contributed by atoms with E-state index in [0.717, 1.165) is 8.78 Å². The van der Waals surface area contributed by atoms with Crippen molar-refractivity contribution in [3.63, 3.8) is 0 Å². The molecule has 0 aliphatic carbocycles. The molecule has 0 atom stereocenters. The molecular formula is C16H16BrNO4S. The number of hydrogen-bond acceptors (Lipinski definition) is 4. The number of carbonyl (C=O) groups excluding carboxylic acids is 1. The fourth-order valence-corrected chi connectivity index (χ4v) is 3.64. The summed E-state index contributed by atoms with van der Waals surface area (Å²) in [6.45, 7) is 1.49. The number of nitrogens with zero attached hydrogens (tertiary/aromatic N) is 1. The molecule has 0 radical (unpaired) electrons. The molecule has 5 nitrogen and oxygen atoms in total. The lowest BCUT2D eigenvalue weighted by molar-refractivity contribution is -0.141. The Bertz CT molecular complexity index is 760. The molecule has 2 rings (SSSR count). The van der Waals surface area contributed by atoms with E-state index in [4.69, 9.17) is 4.74 Å². The Morgan fingerprint density at radius 1 is 1.09 bits per heavy atom. The monoisotopic (exact) mass is 397 g/mol. The van der Waals surface area contributed by atoms with Crippen molar-refractivity contribution < 1.29 is 17.9 Å². The summed E-state index contributed by atoms with van der Waals surface area (Å²) < 4.78 is 32.5. The van der Waals surface area contributed by atoms with Gasteiger partial charge in [0.2, 0.25) is 0 Å². The van der Waals surface area contributed by atoms with Crippen LogP contribution in [-0.2, 0) is 19.6 Å². The second-order valence-electron chi connectivity index (χ2n) is 4.61. The molecule has 0 amide bonds. The highest BCUT2D eigenvalue weighted by Crippen LogP contribution is 2.24. The van der Waals surface area contributed by atoms with Crippen molar-refractivity contribution in [1.29, 1.82) is 0 Å². The Morgan fingerprint density at radius 3 is 2.26 bits per heavy atom. The predicted molar refractivity (Wildman–Crippen MR) is 91.7 cm³/mol. The second kappa shape index (κ2) is 7.61. The molecule has 0 N–H and O–H groups in total. The Balaban J connectivity index is 2.43. The van der Waals surface area contributed by atoms with E-state index in [0.29, 0.717) is 5.69 Å². The van der Waals surface area contributed by atoms with Gasteiger partial charge in [0.25, 0.3) is 10.0 Å². The molecule has 0 aliphatic heterocycles. The molecule has 0 unspecified atom stereocenters. The van der Waals surface area contributed by atoms with Crippen LogP contribution in [0.1, 0.15) is 6.92 Å². The van der Waals surface area contributed by atoms with E-state index in [2.05, 4.69) is 15.9 Å². The van der Waals surface area contributed by atoms with E-state index in [1.54, 1.807) is 49.4 Å². The number of esters is 1. The van der Waals surface area contributed by atoms with Gasteiger partial charge in [0, 0.05) is 4.47 Å². The number of benzene rings is 2. The van der Waals surface area contributed by atoms with Crippen molar-refractivity contribution in [3.8, 4) is 0 Å². The van der Waals surface area contributed by atoms with Gasteiger partial charge in [0.1, 0.15) is 6.54 Å². The van der Waals surface area contributed by atoms with Crippen LogP contribution in [0.15, 0.2) is 64.0 Å². The van der Waals surface area contributed by atoms with Crippen molar-refractivity contribution in [2.75, 3.05) is 17.5 Å². The van der Waals surface area contributed by atoms with Crippen molar-refractivity contribution in [2.24, 2.45) is 0 Å². The number of sulfonamides is 1. The first-order valence-corrected chi connectivity index (χ1v) is 9.17. The predicted octanol–water partition coefficient (Wildman–Crippen LogP) is 3.21. The van der Waals surface area contributed by atoms with Crippen LogP contribution < -0.4 is 4.31 Å². The van der Waals surface area contributed by atoms with Gasteiger partial charge in [-0.15, -0.1) is 0 Å². The molecular weight excluding hydrogens is 382 g/mol. The SMILES string of the molecule is CCOC(=O)CN(c1ccccc1)S(=O)(=O)c1ccc(Br)cc1. The molecule has 2 aromatic rings. The minimum absolute atomic E-state index is 0.105. The Morgan fingerprint density at radius 2 is 1.70 bits per heavy atom. The van der Waals surface area contributed by atoms with Crippen LogP contribution in [0.25, 0.3) is 0 Å². The van der Waals surface area contributed by atoms with Crippen LogP contribution in [-0.4, -0.2) is 27.5 Å². The highest BCUT2D eigenvalue weighted by Gasteiger charge is 2.27. The van der Waals surface area contributed by atoms with Crippen molar-refractivity contribution in [2.45, 2.75) is 11.8 Å². The van der Waals surface area contributed by atoms with Gasteiger partial charge >= 0.3 is 5.97 Å². The number of hydrogen-bond donors (Lipinski definition) is 0. The van der Waals surface area contributed by atoms with E-state index >= 15 is 0 Å². The van der Waals surface area contributed by atoms with E-state index in [9.17, 15) is 13.2 Å². The minimum atomic E-state index is -3.87. The fraction of sp³-hybridized carbons (Fsp3) is 0.188. The van der Waals surface area contributed by atoms with Crippen LogP contribution in [0, 0.1) is 0 Å². The summed E-state index contributed by atoms with van der Waals surface area (Å²) in [6.07, 6.45) is 0. The van der Waals surface area contributed by atoms with Gasteiger partial charge < -0.3 is 4.74 Å². The Labute approximate surface area is 144 Å². The van der Waals surface area contributed by atoms with Crippen molar-refractivity contribution in [1.82, 2.24) is 0 Å². The molecule has 0 aromatic heterocycles. The molecule has 0 bridgehead atoms. The third kappa shape index (κ3) is 4.33. The Kier molecular flexibility index (Phi) is 5.79. The largest absolute Gasteiger partial charge is 0.465 e. The number of carbonyl (C=O) groups is 1. The summed E-state index contributed by atoms with van der Waals surface area (Å²) in [7, 11) is -3.87. The summed E-state index contributed by atoms with van der Waals surface area (Å²) in [5.41, 5.74) is 0.406. The molecule has 7 heteroatoms. The highest BCUT2D eigenvalue weighted by molar-refractivity contribution is 9.10. The lowest BCUT2D eigenvalue weighted by Crippen LogP contribution is -2.36. The summed E-state index contributed by atoms with van der Waals surface area (Å²) in [6, 6.07) is 14.7. The highest BCUT2D eigenvalue weighted by atomic mass is 79.9. The third-order valence-electron chi connectivity index (χ3n) is 3.02. The van der Waals surface area contributed by atoms with Crippen LogP contribution >= 0.6 is 15.9 Å². The van der Waals surface area contributed by atoms with Gasteiger partial charge in [-0.3, -0.25) is 9.10 Å². The molecule has 0 heterocycles. The van der Waals surface area contributed by atoms with Gasteiger partial charge in [-0.1, -0.05) is 34.1 Å². The average Bonchev–Trinajstić information content (AvgIpc) is 2.54. The summed E-state index contributed by atoms with van der Waals surface area (Å²) in [5, 5.41) is 0. The molecule has 0 aliphatic rings. The van der Waals surface area contributed by atoms with Gasteiger partial charge in [0.05, 0.1) is 17.2 Å². The molecule has 0 spiro atoms. The molecule has 0 saturated heterocycles. The maximum Gasteiger partial charge on any atom is 0.326 e. The maximum absolute atomic E-state index is 12.9. The van der Waals surface area contributed by atoms with Gasteiger partial charge in [0.15, 0.2) is 0 Å². The van der Waals surface area contributed by atoms with Gasteiger partial charge in [-0.25, -0.2) is 8.42 Å². The smallest absolute Gasteiger partial charge is 0.326 e. The van der Waals surface area contributed by atoms with Gasteiger partial charge in [-0.2, -0.15) is 0 Å². The van der Waals surface area contributed by atoms with Gasteiger partial charge in [-0.05, 0) is 43.3 Å². The van der Waals surface area contributed by atoms with Crippen LogP contribution in [0.2, 0.25) is 0 Å². The zero-order valence-electron chi connectivity index (χ0n) is 12.5. The van der Waals surface area contributed by atoms with E-state index < -0.39 is 16.0 Å². The van der Waals surface area contributed by atoms with Crippen molar-refractivity contribution >= 4 is 37.6 Å². The maximum atomic E-state index is 12.9. The average molecular weight is 398 g/mol. The Hall–Kier alpha value is -1.86. The van der Waals surface area contributed by atoms with Crippen LogP contribution in [0.5, 0.6) is 0 Å². The van der Waals surface area contributed by atoms with E-state index in [-0.39, 0.29) is 18.0 Å². The number of rotatable bonds is 6. The summed E-state index contributed by atoms with van der Waals surface area (Å²) >= 11 is 3.27. The normalized spacial score (nSPS) is 11.0. The molecule has 2 aromatic carbocycles. The standard InChI is InChI=1S/C16H16BrNO4S/c1-2-22-16(19)12-18(14-6-4-3-5-7-14)23(20,21)15-10-8-13(17)9-11-15/h3-11H,2,12H2,1H3. The summed E-state index contributed by atoms with van der Waals surface area (Å²) in [4.78, 5) is 11.9. The van der Waals surface area contributed by atoms with Crippen LogP contribution in [0.4, 0.5) is 5.69 Å². The lowest BCUT2D eigenvalue weighted by Gasteiger charge is -2.23. The first kappa shape index (κ1) is 17.5. The molecule has 23 heavy (non-hydrogen) atoms. The molecule has 0 saturated carbocycles. The number of ether oxygens (including phenoxy) is 1. The minimum Gasteiger partial charge on any atom is -0.465 e. The summed E-state index contributed by atoms with van der Waals surface area (Å²) in [5.74, 6) is -0.600. The third-order valence-corrected chi connectivity index (χ3v) is 5.34. The first-order valence-electron chi connectivity index (χ1n) is 6.94. The molecule has 122 valence electrons. The zero-order chi connectivity index (χ0) is 16.9. The fourth-order valence-electron chi connectivity index (χ4n) is 1.97. The number of anilines is 1. The van der Waals surface area contributed by atoms with Crippen molar-refractivity contribution in [3.05, 3.63) is 59.1 Å². The second-order valence-corrected chi connectivity index (χ2v) is 7.38. The number of para-hydroxylation sites is 1.